The van der Waals surface area contributed by atoms with E-state index in [2.05, 4.69) is 4.98 Å². The van der Waals surface area contributed by atoms with Crippen LogP contribution in [0.4, 0.5) is 0 Å². The lowest BCUT2D eigenvalue weighted by atomic mass is 9.90. The lowest BCUT2D eigenvalue weighted by Gasteiger charge is -2.32. The second-order valence-corrected chi connectivity index (χ2v) is 10.7. The quantitative estimate of drug-likeness (QED) is 0.305. The van der Waals surface area contributed by atoms with E-state index in [-0.39, 0.29) is 18.0 Å². The second kappa shape index (κ2) is 9.69. The Morgan fingerprint density at radius 1 is 1.08 bits per heavy atom. The number of aromatic nitrogens is 1. The molecule has 0 aliphatic carbocycles. The number of hydrogen-bond donors (Lipinski definition) is 2. The molecule has 5 rings (SSSR count). The van der Waals surface area contributed by atoms with Gasteiger partial charge in [0.25, 0.3) is 5.91 Å². The van der Waals surface area contributed by atoms with E-state index in [0.717, 1.165) is 27.7 Å². The summed E-state index contributed by atoms with van der Waals surface area (Å²) in [5, 5.41) is 10.2. The molecule has 4 aromatic rings. The van der Waals surface area contributed by atoms with E-state index in [1.807, 2.05) is 37.3 Å². The molecule has 1 amide bonds. The summed E-state index contributed by atoms with van der Waals surface area (Å²) >= 11 is 0. The predicted octanol–water partition coefficient (Wildman–Crippen LogP) is 3.92. The molecule has 0 spiro atoms. The Kier molecular flexibility index (Phi) is 6.44. The number of carbonyl (C=O) groups excluding carboxylic acids is 1. The van der Waals surface area contributed by atoms with Crippen molar-refractivity contribution in [2.75, 3.05) is 6.54 Å². The van der Waals surface area contributed by atoms with Crippen molar-refractivity contribution >= 4 is 26.8 Å². The molecule has 1 aliphatic rings. The number of pyridine rings is 1. The molecule has 36 heavy (non-hydrogen) atoms. The zero-order valence-corrected chi connectivity index (χ0v) is 20.4. The number of nitrogens with one attached hydrogen (secondary N) is 1. The summed E-state index contributed by atoms with van der Waals surface area (Å²) in [5.41, 5.74) is 5.87. The number of aryl methyl sites for hydroxylation is 1. The number of sulfonamides is 1. The van der Waals surface area contributed by atoms with Crippen molar-refractivity contribution in [3.8, 4) is 5.75 Å². The average Bonchev–Trinajstić information content (AvgIpc) is 2.90. The van der Waals surface area contributed by atoms with Crippen LogP contribution in [0.1, 0.15) is 28.3 Å². The van der Waals surface area contributed by atoms with Crippen molar-refractivity contribution < 1.29 is 23.2 Å². The van der Waals surface area contributed by atoms with Crippen molar-refractivity contribution in [1.82, 2.24) is 14.8 Å². The van der Waals surface area contributed by atoms with Gasteiger partial charge in [0.15, 0.2) is 0 Å². The Morgan fingerprint density at radius 2 is 1.81 bits per heavy atom. The van der Waals surface area contributed by atoms with Crippen LogP contribution in [0.15, 0.2) is 83.8 Å². The zero-order chi connectivity index (χ0) is 25.3. The third-order valence-electron chi connectivity index (χ3n) is 6.38. The molecule has 0 fully saturated rings. The van der Waals surface area contributed by atoms with Gasteiger partial charge in [-0.3, -0.25) is 15.0 Å². The van der Waals surface area contributed by atoms with Crippen LogP contribution in [-0.4, -0.2) is 35.4 Å². The number of nitrogens with zero attached hydrogens (tertiary/aromatic N) is 2. The maximum atomic E-state index is 13.4. The summed E-state index contributed by atoms with van der Waals surface area (Å²) in [6.07, 6.45) is 0. The van der Waals surface area contributed by atoms with Crippen LogP contribution < -0.4 is 10.2 Å². The van der Waals surface area contributed by atoms with E-state index in [1.54, 1.807) is 41.9 Å². The van der Waals surface area contributed by atoms with Crippen molar-refractivity contribution in [1.29, 1.82) is 0 Å². The molecule has 0 saturated heterocycles. The van der Waals surface area contributed by atoms with Gasteiger partial charge < -0.3 is 4.74 Å². The molecule has 2 heterocycles. The predicted molar refractivity (Wildman–Crippen MR) is 134 cm³/mol. The fourth-order valence-electron chi connectivity index (χ4n) is 4.59. The van der Waals surface area contributed by atoms with Gasteiger partial charge in [0.1, 0.15) is 12.4 Å². The maximum absolute atomic E-state index is 13.4. The summed E-state index contributed by atoms with van der Waals surface area (Å²) < 4.78 is 34.0. The van der Waals surface area contributed by atoms with Gasteiger partial charge in [0.05, 0.1) is 16.3 Å². The normalized spacial score (nSPS) is 15.9. The molecular weight excluding hydrogens is 478 g/mol. The molecule has 1 unspecified atom stereocenters. The van der Waals surface area contributed by atoms with Crippen molar-refractivity contribution in [3.63, 3.8) is 0 Å². The lowest BCUT2D eigenvalue weighted by molar-refractivity contribution is -0.131. The number of amides is 1. The van der Waals surface area contributed by atoms with Gasteiger partial charge in [0, 0.05) is 29.7 Å². The van der Waals surface area contributed by atoms with Crippen molar-refractivity contribution in [3.05, 3.63) is 101 Å². The SMILES string of the molecule is Cc1cc(COc2ccc(S(=O)(=O)N3Cc4ccccc4C(C(=O)NO)C3)cc2)c2ccccc2n1. The Morgan fingerprint density at radius 3 is 2.58 bits per heavy atom. The number of hydrogen-bond acceptors (Lipinski definition) is 6. The maximum Gasteiger partial charge on any atom is 0.252 e. The monoisotopic (exact) mass is 503 g/mol. The number of para-hydroxylation sites is 1. The highest BCUT2D eigenvalue weighted by atomic mass is 32.2. The average molecular weight is 504 g/mol. The van der Waals surface area contributed by atoms with Gasteiger partial charge >= 0.3 is 0 Å². The van der Waals surface area contributed by atoms with E-state index in [9.17, 15) is 18.4 Å². The summed E-state index contributed by atoms with van der Waals surface area (Å²) in [5.74, 6) is -0.921. The largest absolute Gasteiger partial charge is 0.489 e. The highest BCUT2D eigenvalue weighted by molar-refractivity contribution is 7.89. The Labute approximate surface area is 209 Å². The smallest absolute Gasteiger partial charge is 0.252 e. The number of benzene rings is 3. The van der Waals surface area contributed by atoms with Gasteiger partial charge in [-0.1, -0.05) is 42.5 Å². The highest BCUT2D eigenvalue weighted by Crippen LogP contribution is 2.32. The third kappa shape index (κ3) is 4.56. The van der Waals surface area contributed by atoms with E-state index in [0.29, 0.717) is 17.9 Å². The summed E-state index contributed by atoms with van der Waals surface area (Å²) in [7, 11) is -3.89. The summed E-state index contributed by atoms with van der Waals surface area (Å²) in [4.78, 5) is 16.9. The number of carbonyl (C=O) groups is 1. The fraction of sp³-hybridized carbons (Fsp3) is 0.185. The molecule has 0 radical (unpaired) electrons. The molecular formula is C27H25N3O5S. The molecule has 0 bridgehead atoms. The number of fused-ring (bicyclic) bond motifs is 2. The lowest BCUT2D eigenvalue weighted by Crippen LogP contribution is -2.43. The van der Waals surface area contributed by atoms with Crippen LogP contribution in [-0.2, 0) is 28.0 Å². The molecule has 2 N–H and O–H groups in total. The molecule has 1 aromatic heterocycles. The number of ether oxygens (including phenoxy) is 1. The van der Waals surface area contributed by atoms with Crippen molar-refractivity contribution in [2.45, 2.75) is 30.9 Å². The van der Waals surface area contributed by atoms with Gasteiger partial charge in [-0.25, -0.2) is 13.9 Å². The second-order valence-electron chi connectivity index (χ2n) is 8.73. The van der Waals surface area contributed by atoms with Crippen LogP contribution in [0.2, 0.25) is 0 Å². The Hall–Kier alpha value is -3.79. The van der Waals surface area contributed by atoms with Crippen molar-refractivity contribution in [2.24, 2.45) is 0 Å². The van der Waals surface area contributed by atoms with Crippen LogP contribution in [0.5, 0.6) is 5.75 Å². The van der Waals surface area contributed by atoms with Gasteiger partial charge in [-0.15, -0.1) is 0 Å². The first kappa shape index (κ1) is 23.9. The molecule has 1 aliphatic heterocycles. The fourth-order valence-corrected chi connectivity index (χ4v) is 6.02. The summed E-state index contributed by atoms with van der Waals surface area (Å²) in [6, 6.07) is 23.2. The first-order chi connectivity index (χ1) is 17.4. The van der Waals surface area contributed by atoms with Gasteiger partial charge in [-0.2, -0.15) is 4.31 Å². The van der Waals surface area contributed by atoms with E-state index in [4.69, 9.17) is 4.74 Å². The van der Waals surface area contributed by atoms with Crippen LogP contribution in [0.3, 0.4) is 0 Å². The highest BCUT2D eigenvalue weighted by Gasteiger charge is 2.36. The van der Waals surface area contributed by atoms with E-state index in [1.165, 1.54) is 16.4 Å². The molecule has 0 saturated carbocycles. The van der Waals surface area contributed by atoms with Crippen LogP contribution >= 0.6 is 0 Å². The summed E-state index contributed by atoms with van der Waals surface area (Å²) in [6.45, 7) is 2.32. The van der Waals surface area contributed by atoms with Gasteiger partial charge in [0.2, 0.25) is 10.0 Å². The molecule has 1 atom stereocenters. The molecule has 184 valence electrons. The van der Waals surface area contributed by atoms with Crippen LogP contribution in [0, 0.1) is 6.92 Å². The topological polar surface area (TPSA) is 109 Å². The zero-order valence-electron chi connectivity index (χ0n) is 19.6. The Balaban J connectivity index is 1.35. The standard InChI is InChI=1S/C27H25N3O5S/c1-18-14-20(24-8-4-5-9-26(24)28-18)17-35-21-10-12-22(13-11-21)36(33,34)30-15-19-6-2-3-7-23(19)25(16-30)27(31)29-32/h2-14,25,32H,15-17H2,1H3,(H,29,31). The number of rotatable bonds is 6. The molecule has 3 aromatic carbocycles. The first-order valence-electron chi connectivity index (χ1n) is 11.5. The first-order valence-corrected chi connectivity index (χ1v) is 12.9. The molecule has 9 heteroatoms. The molecule has 8 nitrogen and oxygen atoms in total. The minimum atomic E-state index is -3.89. The van der Waals surface area contributed by atoms with E-state index < -0.39 is 21.8 Å². The minimum Gasteiger partial charge on any atom is -0.489 e. The Bertz CT molecular complexity index is 1540. The number of hydroxylamine groups is 1. The van der Waals surface area contributed by atoms with Gasteiger partial charge in [-0.05, 0) is 54.4 Å². The van der Waals surface area contributed by atoms with Crippen LogP contribution in [0.25, 0.3) is 10.9 Å². The van der Waals surface area contributed by atoms with E-state index >= 15 is 0 Å². The third-order valence-corrected chi connectivity index (χ3v) is 8.20. The minimum absolute atomic E-state index is 0.0710.